The molecule has 0 saturated heterocycles. The molecular formula is C12H13N5O. The minimum atomic E-state index is 0.0783. The highest BCUT2D eigenvalue weighted by Gasteiger charge is 2.10. The zero-order chi connectivity index (χ0) is 13.0. The summed E-state index contributed by atoms with van der Waals surface area (Å²) >= 11 is 0. The number of methoxy groups -OCH3 is 1. The Morgan fingerprint density at radius 3 is 3.11 bits per heavy atom. The second-order valence-corrected chi connectivity index (χ2v) is 3.93. The fourth-order valence-corrected chi connectivity index (χ4v) is 1.68. The quantitative estimate of drug-likeness (QED) is 0.872. The smallest absolute Gasteiger partial charge is 0.154 e. The van der Waals surface area contributed by atoms with E-state index in [-0.39, 0.29) is 6.04 Å². The molecule has 0 aromatic carbocycles. The van der Waals surface area contributed by atoms with Gasteiger partial charge in [0.1, 0.15) is 23.6 Å². The summed E-state index contributed by atoms with van der Waals surface area (Å²) in [6, 6.07) is 3.77. The van der Waals surface area contributed by atoms with Crippen LogP contribution in [0.3, 0.4) is 0 Å². The summed E-state index contributed by atoms with van der Waals surface area (Å²) in [6.07, 6.45) is 3.12. The van der Waals surface area contributed by atoms with Gasteiger partial charge < -0.3 is 10.1 Å². The largest absolute Gasteiger partial charge is 0.383 e. The lowest BCUT2D eigenvalue weighted by molar-refractivity contribution is 0.190. The van der Waals surface area contributed by atoms with E-state index in [1.54, 1.807) is 19.4 Å². The normalized spacial score (nSPS) is 12.1. The molecule has 0 saturated carbocycles. The van der Waals surface area contributed by atoms with Crippen molar-refractivity contribution in [3.63, 3.8) is 0 Å². The number of ether oxygens (including phenoxy) is 1. The number of fused-ring (bicyclic) bond motifs is 1. The Morgan fingerprint density at radius 1 is 1.56 bits per heavy atom. The zero-order valence-corrected chi connectivity index (χ0v) is 10.2. The molecule has 2 aromatic heterocycles. The van der Waals surface area contributed by atoms with Crippen molar-refractivity contribution in [1.29, 1.82) is 5.26 Å². The van der Waals surface area contributed by atoms with Gasteiger partial charge in [-0.1, -0.05) is 0 Å². The summed E-state index contributed by atoms with van der Waals surface area (Å²) in [5.41, 5.74) is 1.04. The Labute approximate surface area is 105 Å². The van der Waals surface area contributed by atoms with Crippen LogP contribution in [0.5, 0.6) is 0 Å². The van der Waals surface area contributed by atoms with Crippen molar-refractivity contribution in [1.82, 2.24) is 15.0 Å². The van der Waals surface area contributed by atoms with E-state index in [9.17, 15) is 0 Å². The van der Waals surface area contributed by atoms with Crippen molar-refractivity contribution in [3.8, 4) is 6.07 Å². The molecule has 18 heavy (non-hydrogen) atoms. The first-order valence-corrected chi connectivity index (χ1v) is 5.51. The van der Waals surface area contributed by atoms with Crippen molar-refractivity contribution in [2.75, 3.05) is 19.0 Å². The van der Waals surface area contributed by atoms with Gasteiger partial charge in [-0.3, -0.25) is 0 Å². The molecule has 2 rings (SSSR count). The zero-order valence-electron chi connectivity index (χ0n) is 10.2. The van der Waals surface area contributed by atoms with Crippen molar-refractivity contribution in [3.05, 3.63) is 24.3 Å². The monoisotopic (exact) mass is 243 g/mol. The Morgan fingerprint density at radius 2 is 2.39 bits per heavy atom. The first-order valence-electron chi connectivity index (χ1n) is 5.51. The van der Waals surface area contributed by atoms with Crippen LogP contribution >= 0.6 is 0 Å². The molecule has 0 aliphatic rings. The lowest BCUT2D eigenvalue weighted by Crippen LogP contribution is -2.22. The Hall–Kier alpha value is -2.26. The summed E-state index contributed by atoms with van der Waals surface area (Å²) in [4.78, 5) is 12.4. The molecule has 0 radical (unpaired) electrons. The second kappa shape index (κ2) is 5.38. The molecule has 1 atom stereocenters. The van der Waals surface area contributed by atoms with Gasteiger partial charge in [0.25, 0.3) is 0 Å². The van der Waals surface area contributed by atoms with E-state index in [1.807, 2.05) is 13.0 Å². The van der Waals surface area contributed by atoms with E-state index in [2.05, 4.69) is 20.3 Å². The van der Waals surface area contributed by atoms with Crippen molar-refractivity contribution in [2.24, 2.45) is 0 Å². The molecule has 92 valence electrons. The number of nitriles is 1. The number of hydrogen-bond acceptors (Lipinski definition) is 6. The van der Waals surface area contributed by atoms with Gasteiger partial charge in [-0.2, -0.15) is 5.26 Å². The summed E-state index contributed by atoms with van der Waals surface area (Å²) in [5, 5.41) is 12.9. The molecule has 0 bridgehead atoms. The topological polar surface area (TPSA) is 83.7 Å². The van der Waals surface area contributed by atoms with E-state index in [4.69, 9.17) is 10.00 Å². The number of hydrogen-bond donors (Lipinski definition) is 1. The number of pyridine rings is 1. The first kappa shape index (κ1) is 12.2. The lowest BCUT2D eigenvalue weighted by Gasteiger charge is -2.14. The standard InChI is InChI=1S/C12H13N5O/c1-8(6-18-2)16-12-11-9(5-14-7-15-11)3-10(4-13)17-12/h3,5,7-8H,6H2,1-2H3,(H,16,17)/t8-/m0/s1. The average Bonchev–Trinajstić information content (AvgIpc) is 2.38. The number of rotatable bonds is 4. The van der Waals surface area contributed by atoms with Gasteiger partial charge in [-0.15, -0.1) is 0 Å². The maximum atomic E-state index is 8.95. The predicted molar refractivity (Wildman–Crippen MR) is 67.0 cm³/mol. The SMILES string of the molecule is COC[C@H](C)Nc1nc(C#N)cc2cncnc12. The molecule has 1 N–H and O–H groups in total. The second-order valence-electron chi connectivity index (χ2n) is 3.93. The van der Waals surface area contributed by atoms with E-state index in [0.717, 1.165) is 5.39 Å². The van der Waals surface area contributed by atoms with Crippen molar-refractivity contribution >= 4 is 16.7 Å². The van der Waals surface area contributed by atoms with Gasteiger partial charge in [-0.05, 0) is 13.0 Å². The molecule has 0 unspecified atom stereocenters. The van der Waals surface area contributed by atoms with E-state index in [0.29, 0.717) is 23.6 Å². The Balaban J connectivity index is 2.44. The van der Waals surface area contributed by atoms with Gasteiger partial charge in [0.15, 0.2) is 5.82 Å². The minimum Gasteiger partial charge on any atom is -0.383 e. The third-order valence-electron chi connectivity index (χ3n) is 2.40. The van der Waals surface area contributed by atoms with Crippen LogP contribution in [0.1, 0.15) is 12.6 Å². The fraction of sp³-hybridized carbons (Fsp3) is 0.333. The molecule has 6 heteroatoms. The fourth-order valence-electron chi connectivity index (χ4n) is 1.68. The van der Waals surface area contributed by atoms with Crippen LogP contribution in [-0.4, -0.2) is 34.7 Å². The van der Waals surface area contributed by atoms with Crippen LogP contribution < -0.4 is 5.32 Å². The summed E-state index contributed by atoms with van der Waals surface area (Å²) < 4.78 is 5.06. The Kier molecular flexibility index (Phi) is 3.65. The highest BCUT2D eigenvalue weighted by atomic mass is 16.5. The van der Waals surface area contributed by atoms with Crippen molar-refractivity contribution in [2.45, 2.75) is 13.0 Å². The highest BCUT2D eigenvalue weighted by Crippen LogP contribution is 2.19. The van der Waals surface area contributed by atoms with Crippen LogP contribution in [0.25, 0.3) is 10.9 Å². The van der Waals surface area contributed by atoms with Gasteiger partial charge in [0.2, 0.25) is 0 Å². The predicted octanol–water partition coefficient (Wildman–Crippen LogP) is 1.34. The molecule has 2 heterocycles. The third kappa shape index (κ3) is 2.52. The van der Waals surface area contributed by atoms with Crippen LogP contribution in [0.2, 0.25) is 0 Å². The maximum Gasteiger partial charge on any atom is 0.154 e. The van der Waals surface area contributed by atoms with Crippen LogP contribution in [0.15, 0.2) is 18.6 Å². The molecule has 0 amide bonds. The van der Waals surface area contributed by atoms with E-state index < -0.39 is 0 Å². The summed E-state index contributed by atoms with van der Waals surface area (Å²) in [5.74, 6) is 0.580. The lowest BCUT2D eigenvalue weighted by atomic mass is 10.2. The van der Waals surface area contributed by atoms with Crippen LogP contribution in [0.4, 0.5) is 5.82 Å². The van der Waals surface area contributed by atoms with Gasteiger partial charge in [-0.25, -0.2) is 15.0 Å². The average molecular weight is 243 g/mol. The minimum absolute atomic E-state index is 0.0783. The molecule has 0 aliphatic heterocycles. The van der Waals surface area contributed by atoms with Crippen molar-refractivity contribution < 1.29 is 4.74 Å². The molecule has 0 fully saturated rings. The van der Waals surface area contributed by atoms with Gasteiger partial charge in [0, 0.05) is 24.7 Å². The van der Waals surface area contributed by atoms with Crippen LogP contribution in [-0.2, 0) is 4.74 Å². The summed E-state index contributed by atoms with van der Waals surface area (Å²) in [7, 11) is 1.64. The highest BCUT2D eigenvalue weighted by molar-refractivity contribution is 5.88. The first-order chi connectivity index (χ1) is 8.74. The van der Waals surface area contributed by atoms with Crippen LogP contribution in [0, 0.1) is 11.3 Å². The molecule has 0 spiro atoms. The summed E-state index contributed by atoms with van der Waals surface area (Å²) in [6.45, 7) is 2.52. The van der Waals surface area contributed by atoms with Gasteiger partial charge >= 0.3 is 0 Å². The number of aromatic nitrogens is 3. The van der Waals surface area contributed by atoms with Gasteiger partial charge in [0.05, 0.1) is 6.61 Å². The van der Waals surface area contributed by atoms with E-state index >= 15 is 0 Å². The Bertz CT molecular complexity index is 593. The van der Waals surface area contributed by atoms with E-state index in [1.165, 1.54) is 6.33 Å². The molecule has 0 aliphatic carbocycles. The molecular weight excluding hydrogens is 230 g/mol. The molecule has 6 nitrogen and oxygen atoms in total. The number of anilines is 1. The number of nitrogens with zero attached hydrogens (tertiary/aromatic N) is 4. The molecule has 2 aromatic rings. The maximum absolute atomic E-state index is 8.95. The third-order valence-corrected chi connectivity index (χ3v) is 2.40. The number of nitrogens with one attached hydrogen (secondary N) is 1.